The number of fused-ring (bicyclic) bond motifs is 5. The van der Waals surface area contributed by atoms with Gasteiger partial charge >= 0.3 is 28.0 Å². The monoisotopic (exact) mass is 924 g/mol. The van der Waals surface area contributed by atoms with E-state index >= 15 is 4.39 Å². The molecule has 4 aromatic rings. The summed E-state index contributed by atoms with van der Waals surface area (Å²) in [5, 5.41) is 11.6. The van der Waals surface area contributed by atoms with Crippen LogP contribution in [0.5, 0.6) is 0 Å². The standard InChI is InChI=1S/C30H39FN10O19P2/c1-11(2)55-29(45)49-9-53-61(47)51-5-13-18(42)20(26(57-13)41-8-35-17-22(41)37-28(33)39-24(17)44)60-62(48,54-10-50-30(46)56-12(3)4)52-6-14-19(59-61)15(31)25(58-14)40-7-34-16-21(40)36-27(32)38-23(16)43/h7-8,11-15,18-20,25-26,42H,5-6,9-10H2,1-4H3,(H3,32,36,38,43)(H3,33,37,39,44)/t13?,14?,15?,18?,19?,20?,25-,26?,61?,62?/m1/s1. The maximum Gasteiger partial charge on any atom is 0.510 e. The first-order chi connectivity index (χ1) is 29.3. The van der Waals surface area contributed by atoms with Gasteiger partial charge in [0.15, 0.2) is 41.0 Å². The van der Waals surface area contributed by atoms with E-state index in [0.29, 0.717) is 0 Å². The van der Waals surface area contributed by atoms with Crippen molar-refractivity contribution in [2.24, 2.45) is 0 Å². The third-order valence-corrected chi connectivity index (χ3v) is 11.5. The van der Waals surface area contributed by atoms with E-state index in [9.17, 15) is 33.4 Å². The molecule has 3 aliphatic rings. The molecule has 0 radical (unpaired) electrons. The second-order valence-corrected chi connectivity index (χ2v) is 17.1. The van der Waals surface area contributed by atoms with Gasteiger partial charge in [0.2, 0.25) is 25.5 Å². The lowest BCUT2D eigenvalue weighted by Crippen LogP contribution is -2.36. The number of nitrogens with one attached hydrogen (secondary N) is 2. The highest BCUT2D eigenvalue weighted by atomic mass is 31.2. The number of aliphatic hydroxyl groups excluding tert-OH is 1. The summed E-state index contributed by atoms with van der Waals surface area (Å²) in [4.78, 5) is 70.0. The Hall–Kier alpha value is -5.13. The number of aromatic amines is 2. The first-order valence-corrected chi connectivity index (χ1v) is 21.2. The van der Waals surface area contributed by atoms with Gasteiger partial charge in [0.25, 0.3) is 11.1 Å². The Labute approximate surface area is 345 Å². The van der Waals surface area contributed by atoms with Crippen LogP contribution in [0.4, 0.5) is 25.9 Å². The summed E-state index contributed by atoms with van der Waals surface area (Å²) in [5.74, 6) is -0.728. The van der Waals surface area contributed by atoms with Crippen molar-refractivity contribution in [1.82, 2.24) is 39.0 Å². The van der Waals surface area contributed by atoms with Crippen molar-refractivity contribution in [3.05, 3.63) is 33.4 Å². The molecule has 29 nitrogen and oxygen atoms in total. The molecule has 62 heavy (non-hydrogen) atoms. The maximum atomic E-state index is 16.8. The Morgan fingerprint density at radius 1 is 0.806 bits per heavy atom. The number of hydrogen-bond acceptors (Lipinski definition) is 25. The van der Waals surface area contributed by atoms with Gasteiger partial charge in [-0.1, -0.05) is 0 Å². The third-order valence-electron chi connectivity index (χ3n) is 8.76. The summed E-state index contributed by atoms with van der Waals surface area (Å²) in [5.41, 5.74) is 8.93. The summed E-state index contributed by atoms with van der Waals surface area (Å²) in [7, 11) is -10.5. The second-order valence-electron chi connectivity index (χ2n) is 13.9. The van der Waals surface area contributed by atoms with Gasteiger partial charge in [0.05, 0.1) is 38.1 Å². The number of imidazole rings is 2. The molecule has 3 saturated heterocycles. The number of alkyl halides is 1. The van der Waals surface area contributed by atoms with E-state index in [2.05, 4.69) is 29.9 Å². The Morgan fingerprint density at radius 3 is 1.76 bits per heavy atom. The van der Waals surface area contributed by atoms with Gasteiger partial charge < -0.3 is 45.0 Å². The number of halogens is 1. The number of rotatable bonds is 10. The highest BCUT2D eigenvalue weighted by Crippen LogP contribution is 2.58. The van der Waals surface area contributed by atoms with Gasteiger partial charge in [-0.2, -0.15) is 9.97 Å². The number of H-pyrrole nitrogens is 2. The second kappa shape index (κ2) is 17.9. The van der Waals surface area contributed by atoms with Gasteiger partial charge in [0.1, 0.15) is 30.5 Å². The first kappa shape index (κ1) is 44.9. The number of nitrogen functional groups attached to an aromatic ring is 2. The van der Waals surface area contributed by atoms with Gasteiger partial charge in [-0.25, -0.2) is 42.1 Å². The largest absolute Gasteiger partial charge is 0.510 e. The number of carbonyl (C=O) groups is 2. The quantitative estimate of drug-likeness (QED) is 0.0841. The lowest BCUT2D eigenvalue weighted by Gasteiger charge is -2.28. The van der Waals surface area contributed by atoms with E-state index < -0.39 is 127 Å². The van der Waals surface area contributed by atoms with E-state index in [4.69, 9.17) is 67.0 Å². The Morgan fingerprint density at radius 2 is 1.26 bits per heavy atom. The normalized spacial score (nSPS) is 30.5. The number of phosphoric ester groups is 2. The first-order valence-electron chi connectivity index (χ1n) is 18.2. The summed E-state index contributed by atoms with van der Waals surface area (Å²) in [6, 6.07) is 0. The van der Waals surface area contributed by atoms with Gasteiger partial charge in [-0.05, 0) is 27.7 Å². The molecule has 9 unspecified atom stereocenters. The minimum absolute atomic E-state index is 0.216. The Kier molecular flexibility index (Phi) is 13.0. The predicted molar refractivity (Wildman–Crippen MR) is 198 cm³/mol. The van der Waals surface area contributed by atoms with Crippen molar-refractivity contribution < 1.29 is 83.8 Å². The Bertz CT molecular complexity index is 2520. The third kappa shape index (κ3) is 9.59. The van der Waals surface area contributed by atoms with Gasteiger partial charge in [-0.3, -0.25) is 46.8 Å². The lowest BCUT2D eigenvalue weighted by molar-refractivity contribution is -0.0815. The van der Waals surface area contributed by atoms with Crippen molar-refractivity contribution in [3.63, 3.8) is 0 Å². The van der Waals surface area contributed by atoms with Crippen LogP contribution in [-0.4, -0.2) is 132 Å². The van der Waals surface area contributed by atoms with Crippen molar-refractivity contribution in [2.75, 3.05) is 38.3 Å². The fourth-order valence-electron chi connectivity index (χ4n) is 6.18. The lowest BCUT2D eigenvalue weighted by atomic mass is 10.1. The van der Waals surface area contributed by atoms with Crippen LogP contribution in [0.15, 0.2) is 22.2 Å². The molecule has 0 aromatic carbocycles. The smallest absolute Gasteiger partial charge is 0.432 e. The van der Waals surface area contributed by atoms with Crippen LogP contribution in [-0.2, 0) is 64.7 Å². The number of hydrogen-bond donors (Lipinski definition) is 5. The summed E-state index contributed by atoms with van der Waals surface area (Å²) in [6.45, 7) is 1.74. The van der Waals surface area contributed by atoms with Crippen molar-refractivity contribution >= 4 is 62.2 Å². The number of aliphatic hydroxyl groups is 1. The van der Waals surface area contributed by atoms with Crippen molar-refractivity contribution in [2.45, 2.75) is 89.1 Å². The molecule has 3 fully saturated rings. The fourth-order valence-corrected chi connectivity index (χ4v) is 8.68. The average Bonchev–Trinajstić information content (AvgIpc) is 3.94. The SMILES string of the molecule is CC(C)OC(=O)OCOP1(=O)OCC2OC(n3cnc4c(=O)[nH]c(N)nc43)C(OP(=O)(OCOC(=O)OC(C)C)OCC3O[C@@H](n4cnc5c(=O)[nH]c(N)nc54)C(F)C3O1)C2O. The molecule has 340 valence electrons. The van der Waals surface area contributed by atoms with Crippen LogP contribution >= 0.6 is 15.6 Å². The van der Waals surface area contributed by atoms with Crippen LogP contribution in [0.2, 0.25) is 0 Å². The zero-order valence-electron chi connectivity index (χ0n) is 32.7. The molecule has 4 aromatic heterocycles. The molecule has 2 bridgehead atoms. The van der Waals surface area contributed by atoms with Crippen LogP contribution in [0.3, 0.4) is 0 Å². The minimum Gasteiger partial charge on any atom is -0.432 e. The molecular weight excluding hydrogens is 885 g/mol. The number of aromatic nitrogens is 8. The molecule has 7 heterocycles. The topological polar surface area (TPSA) is 378 Å². The molecule has 0 spiro atoms. The number of anilines is 2. The predicted octanol–water partition coefficient (Wildman–Crippen LogP) is 1.02. The van der Waals surface area contributed by atoms with Crippen LogP contribution in [0.25, 0.3) is 22.3 Å². The summed E-state index contributed by atoms with van der Waals surface area (Å²) >= 11 is 0. The van der Waals surface area contributed by atoms with E-state index in [1.165, 1.54) is 27.7 Å². The molecule has 7 rings (SSSR count). The fraction of sp³-hybridized carbons (Fsp3) is 0.600. The maximum absolute atomic E-state index is 16.8. The average molecular weight is 925 g/mol. The van der Waals surface area contributed by atoms with Crippen LogP contribution < -0.4 is 22.6 Å². The van der Waals surface area contributed by atoms with Crippen molar-refractivity contribution in [3.8, 4) is 0 Å². The van der Waals surface area contributed by atoms with Crippen LogP contribution in [0.1, 0.15) is 40.2 Å². The molecule has 0 saturated carbocycles. The molecule has 32 heteroatoms. The molecule has 10 atom stereocenters. The van der Waals surface area contributed by atoms with Gasteiger partial charge in [-0.15, -0.1) is 0 Å². The number of nitrogens with two attached hydrogens (primary N) is 2. The van der Waals surface area contributed by atoms with Crippen molar-refractivity contribution in [1.29, 1.82) is 0 Å². The number of ether oxygens (including phenoxy) is 6. The molecule has 3 aliphatic heterocycles. The summed E-state index contributed by atoms with van der Waals surface area (Å²) < 4.78 is 112. The minimum atomic E-state index is -5.23. The molecule has 0 amide bonds. The number of phosphoric acid groups is 2. The molecule has 7 N–H and O–H groups in total. The number of nitrogens with zero attached hydrogens (tertiary/aromatic N) is 6. The van der Waals surface area contributed by atoms with Crippen LogP contribution in [0, 0.1) is 0 Å². The molecular formula is C30H39FN10O19P2. The van der Waals surface area contributed by atoms with Gasteiger partial charge in [0, 0.05) is 0 Å². The highest BCUT2D eigenvalue weighted by molar-refractivity contribution is 7.48. The molecule has 0 aliphatic carbocycles. The highest BCUT2D eigenvalue weighted by Gasteiger charge is 2.55. The zero-order valence-corrected chi connectivity index (χ0v) is 34.5. The van der Waals surface area contributed by atoms with E-state index in [1.54, 1.807) is 0 Å². The van der Waals surface area contributed by atoms with E-state index in [1.807, 2.05) is 0 Å². The Balaban J connectivity index is 1.27. The number of carbonyl (C=O) groups excluding carboxylic acids is 2. The van der Waals surface area contributed by atoms with E-state index in [-0.39, 0.29) is 34.2 Å². The zero-order chi connectivity index (χ0) is 44.7. The van der Waals surface area contributed by atoms with E-state index in [0.717, 1.165) is 21.8 Å². The summed E-state index contributed by atoms with van der Waals surface area (Å²) in [6.07, 6.45) is -17.0.